The Kier molecular flexibility index (Phi) is 4.86. The van der Waals surface area contributed by atoms with Crippen LogP contribution < -0.4 is 5.32 Å². The molecule has 0 aliphatic carbocycles. The molecule has 2 aromatic heterocycles. The zero-order valence-electron chi connectivity index (χ0n) is 13.4. The molecule has 3 aromatic rings. The van der Waals surface area contributed by atoms with Gasteiger partial charge in [0.1, 0.15) is 5.69 Å². The van der Waals surface area contributed by atoms with Gasteiger partial charge in [0.25, 0.3) is 5.91 Å². The largest absolute Gasteiger partial charge is 0.432 e. The van der Waals surface area contributed by atoms with E-state index in [1.807, 2.05) is 31.2 Å². The van der Waals surface area contributed by atoms with E-state index in [9.17, 15) is 18.0 Å². The number of alkyl halides is 3. The van der Waals surface area contributed by atoms with Gasteiger partial charge < -0.3 is 5.32 Å². The normalized spacial score (nSPS) is 11.6. The highest BCUT2D eigenvalue weighted by molar-refractivity contribution is 9.10. The Labute approximate surface area is 154 Å². The van der Waals surface area contributed by atoms with Gasteiger partial charge in [-0.2, -0.15) is 23.4 Å². The Morgan fingerprint density at radius 3 is 2.62 bits per heavy atom. The molecule has 0 saturated carbocycles. The summed E-state index contributed by atoms with van der Waals surface area (Å²) in [6.07, 6.45) is -2.93. The first-order chi connectivity index (χ1) is 12.2. The predicted molar refractivity (Wildman–Crippen MR) is 91.8 cm³/mol. The smallest absolute Gasteiger partial charge is 0.303 e. The van der Waals surface area contributed by atoms with Crippen molar-refractivity contribution in [1.82, 2.24) is 20.0 Å². The van der Waals surface area contributed by atoms with Gasteiger partial charge >= 0.3 is 6.18 Å². The average Bonchev–Trinajstić information content (AvgIpc) is 3.17. The molecule has 2 heterocycles. The number of halogens is 4. The van der Waals surface area contributed by atoms with Crippen LogP contribution in [-0.4, -0.2) is 25.9 Å². The fraction of sp³-hybridized carbons (Fsp3) is 0.188. The minimum absolute atomic E-state index is 0.193. The number of rotatable bonds is 4. The first-order valence-electron chi connectivity index (χ1n) is 7.45. The number of hydrogen-bond donors (Lipinski definition) is 2. The van der Waals surface area contributed by atoms with Crippen molar-refractivity contribution in [2.75, 3.05) is 5.32 Å². The molecule has 0 atom stereocenters. The lowest BCUT2D eigenvalue weighted by Gasteiger charge is -2.03. The van der Waals surface area contributed by atoms with Crippen molar-refractivity contribution in [2.24, 2.45) is 0 Å². The van der Waals surface area contributed by atoms with Crippen molar-refractivity contribution >= 4 is 27.7 Å². The molecule has 0 aliphatic rings. The van der Waals surface area contributed by atoms with E-state index in [2.05, 4.69) is 31.4 Å². The van der Waals surface area contributed by atoms with Crippen molar-refractivity contribution in [2.45, 2.75) is 19.6 Å². The average molecular weight is 428 g/mol. The fourth-order valence-corrected chi connectivity index (χ4v) is 2.61. The zero-order valence-corrected chi connectivity index (χ0v) is 15.0. The fourth-order valence-electron chi connectivity index (χ4n) is 2.20. The van der Waals surface area contributed by atoms with Gasteiger partial charge in [0.15, 0.2) is 11.5 Å². The molecule has 3 rings (SSSR count). The zero-order chi connectivity index (χ0) is 18.9. The SMILES string of the molecule is Cc1ccc(Cn2cc(Br)c(NC(=O)c3cc(C(F)(F)F)[nH]n3)n2)cc1. The molecule has 136 valence electrons. The molecular formula is C16H13BrF3N5O. The molecule has 1 aromatic carbocycles. The maximum absolute atomic E-state index is 12.6. The summed E-state index contributed by atoms with van der Waals surface area (Å²) >= 11 is 3.27. The molecule has 0 bridgehead atoms. The first-order valence-corrected chi connectivity index (χ1v) is 8.24. The number of aryl methyl sites for hydroxylation is 1. The Balaban J connectivity index is 1.72. The van der Waals surface area contributed by atoms with Gasteiger partial charge in [-0.1, -0.05) is 29.8 Å². The Morgan fingerprint density at radius 2 is 2.00 bits per heavy atom. The van der Waals surface area contributed by atoms with Gasteiger partial charge in [-0.15, -0.1) is 0 Å². The highest BCUT2D eigenvalue weighted by Crippen LogP contribution is 2.28. The Bertz CT molecular complexity index is 930. The number of anilines is 1. The van der Waals surface area contributed by atoms with Gasteiger partial charge in [-0.25, -0.2) is 0 Å². The Morgan fingerprint density at radius 1 is 1.31 bits per heavy atom. The molecule has 0 saturated heterocycles. The van der Waals surface area contributed by atoms with Crippen LogP contribution in [0.3, 0.4) is 0 Å². The highest BCUT2D eigenvalue weighted by atomic mass is 79.9. The Hall–Kier alpha value is -2.62. The van der Waals surface area contributed by atoms with Crippen LogP contribution in [0, 0.1) is 6.92 Å². The van der Waals surface area contributed by atoms with Gasteiger partial charge in [-0.05, 0) is 28.4 Å². The summed E-state index contributed by atoms with van der Waals surface area (Å²) in [5.41, 5.74) is 0.690. The van der Waals surface area contributed by atoms with Gasteiger partial charge in [0.05, 0.1) is 11.0 Å². The van der Waals surface area contributed by atoms with Crippen molar-refractivity contribution in [1.29, 1.82) is 0 Å². The van der Waals surface area contributed by atoms with E-state index in [1.54, 1.807) is 16.0 Å². The molecule has 10 heteroatoms. The summed E-state index contributed by atoms with van der Waals surface area (Å²) in [5.74, 6) is -0.600. The predicted octanol–water partition coefficient (Wildman–Crippen LogP) is 4.00. The van der Waals surface area contributed by atoms with E-state index in [0.29, 0.717) is 17.1 Å². The second kappa shape index (κ2) is 6.94. The maximum atomic E-state index is 12.6. The van der Waals surface area contributed by atoms with Crippen molar-refractivity contribution in [3.63, 3.8) is 0 Å². The number of carbonyl (C=O) groups excluding carboxylic acids is 1. The number of carbonyl (C=O) groups is 1. The molecular weight excluding hydrogens is 415 g/mol. The molecule has 0 unspecified atom stereocenters. The van der Waals surface area contributed by atoms with Gasteiger partial charge in [0, 0.05) is 12.3 Å². The third-order valence-corrected chi connectivity index (χ3v) is 4.11. The van der Waals surface area contributed by atoms with Crippen molar-refractivity contribution < 1.29 is 18.0 Å². The van der Waals surface area contributed by atoms with Crippen LogP contribution in [0.15, 0.2) is 41.0 Å². The number of aromatic nitrogens is 4. The molecule has 0 spiro atoms. The number of aromatic amines is 1. The quantitative estimate of drug-likeness (QED) is 0.660. The summed E-state index contributed by atoms with van der Waals surface area (Å²) in [6, 6.07) is 8.53. The molecule has 1 amide bonds. The summed E-state index contributed by atoms with van der Waals surface area (Å²) < 4.78 is 39.8. The monoisotopic (exact) mass is 427 g/mol. The number of hydrogen-bond acceptors (Lipinski definition) is 3. The van der Waals surface area contributed by atoms with E-state index in [1.165, 1.54) is 0 Å². The third kappa shape index (κ3) is 4.13. The minimum atomic E-state index is -4.60. The molecule has 2 N–H and O–H groups in total. The van der Waals surface area contributed by atoms with Crippen LogP contribution in [0.4, 0.5) is 19.0 Å². The lowest BCUT2D eigenvalue weighted by Crippen LogP contribution is -2.13. The second-order valence-electron chi connectivity index (χ2n) is 5.63. The van der Waals surface area contributed by atoms with Gasteiger partial charge in [0.2, 0.25) is 0 Å². The van der Waals surface area contributed by atoms with Crippen LogP contribution in [0.1, 0.15) is 27.3 Å². The van der Waals surface area contributed by atoms with Crippen LogP contribution >= 0.6 is 15.9 Å². The first kappa shape index (κ1) is 18.2. The maximum Gasteiger partial charge on any atom is 0.432 e. The van der Waals surface area contributed by atoms with E-state index < -0.39 is 17.8 Å². The molecule has 26 heavy (non-hydrogen) atoms. The number of benzene rings is 1. The standard InChI is InChI=1S/C16H13BrF3N5O/c1-9-2-4-10(5-3-9)7-25-8-11(17)14(24-25)21-15(26)12-6-13(23-22-12)16(18,19)20/h2-6,8H,7H2,1H3,(H,22,23)(H,21,24,26). The molecule has 0 aliphatic heterocycles. The molecule has 0 radical (unpaired) electrons. The van der Waals surface area contributed by atoms with Crippen LogP contribution in [0.2, 0.25) is 0 Å². The highest BCUT2D eigenvalue weighted by Gasteiger charge is 2.33. The molecule has 0 fully saturated rings. The third-order valence-electron chi connectivity index (χ3n) is 3.53. The van der Waals surface area contributed by atoms with Crippen LogP contribution in [0.5, 0.6) is 0 Å². The number of nitrogens with one attached hydrogen (secondary N) is 2. The van der Waals surface area contributed by atoms with E-state index in [0.717, 1.165) is 11.1 Å². The summed E-state index contributed by atoms with van der Waals surface area (Å²) in [4.78, 5) is 12.1. The lowest BCUT2D eigenvalue weighted by atomic mass is 10.1. The number of amides is 1. The summed E-state index contributed by atoms with van der Waals surface area (Å²) in [5, 5.41) is 11.8. The minimum Gasteiger partial charge on any atom is -0.303 e. The van der Waals surface area contributed by atoms with Crippen LogP contribution in [-0.2, 0) is 12.7 Å². The topological polar surface area (TPSA) is 75.6 Å². The van der Waals surface area contributed by atoms with E-state index >= 15 is 0 Å². The number of nitrogens with zero attached hydrogens (tertiary/aromatic N) is 3. The second-order valence-corrected chi connectivity index (χ2v) is 6.48. The lowest BCUT2D eigenvalue weighted by molar-refractivity contribution is -0.141. The van der Waals surface area contributed by atoms with Crippen LogP contribution in [0.25, 0.3) is 0 Å². The van der Waals surface area contributed by atoms with E-state index in [4.69, 9.17) is 0 Å². The molecule has 6 nitrogen and oxygen atoms in total. The van der Waals surface area contributed by atoms with Gasteiger partial charge in [-0.3, -0.25) is 14.6 Å². The van der Waals surface area contributed by atoms with E-state index in [-0.39, 0.29) is 11.5 Å². The summed E-state index contributed by atoms with van der Waals surface area (Å²) in [6.45, 7) is 2.47. The number of H-pyrrole nitrogens is 1. The van der Waals surface area contributed by atoms with Crippen molar-refractivity contribution in [3.8, 4) is 0 Å². The summed E-state index contributed by atoms with van der Waals surface area (Å²) in [7, 11) is 0. The van der Waals surface area contributed by atoms with Crippen molar-refractivity contribution in [3.05, 3.63) is 63.5 Å².